The molecule has 0 amide bonds. The Morgan fingerprint density at radius 2 is 1.86 bits per heavy atom. The molecule has 0 saturated carbocycles. The largest absolute Gasteiger partial charge is 0.296 e. The maximum Gasteiger partial charge on any atom is 0.296 e. The van der Waals surface area contributed by atoms with Crippen LogP contribution in [0.2, 0.25) is 5.02 Å². The van der Waals surface area contributed by atoms with E-state index in [4.69, 9.17) is 11.6 Å². The molecular formula is C15H8ClNO3S. The van der Waals surface area contributed by atoms with Gasteiger partial charge in [0.25, 0.3) is 5.69 Å². The summed E-state index contributed by atoms with van der Waals surface area (Å²) < 4.78 is 0.786. The number of para-hydroxylation sites is 1. The molecule has 1 aromatic heterocycles. The topological polar surface area (TPSA) is 60.2 Å². The number of rotatable bonds is 2. The smallest absolute Gasteiger partial charge is 0.289 e. The van der Waals surface area contributed by atoms with Gasteiger partial charge >= 0.3 is 0 Å². The molecule has 0 aliphatic rings. The van der Waals surface area contributed by atoms with E-state index < -0.39 is 4.92 Å². The van der Waals surface area contributed by atoms with Crippen molar-refractivity contribution in [3.8, 4) is 10.4 Å². The minimum atomic E-state index is -0.524. The van der Waals surface area contributed by atoms with Gasteiger partial charge in [0.2, 0.25) is 0 Å². The van der Waals surface area contributed by atoms with E-state index in [1.54, 1.807) is 24.3 Å². The molecule has 0 aliphatic heterocycles. The van der Waals surface area contributed by atoms with Crippen LogP contribution in [0.5, 0.6) is 0 Å². The van der Waals surface area contributed by atoms with E-state index >= 15 is 0 Å². The van der Waals surface area contributed by atoms with Crippen LogP contribution in [0.25, 0.3) is 20.5 Å². The fourth-order valence-electron chi connectivity index (χ4n) is 2.14. The second kappa shape index (κ2) is 5.27. The van der Waals surface area contributed by atoms with Crippen molar-refractivity contribution in [2.75, 3.05) is 0 Å². The molecule has 1 heterocycles. The molecule has 0 aliphatic carbocycles. The third kappa shape index (κ3) is 2.41. The lowest BCUT2D eigenvalue weighted by molar-refractivity contribution is -0.384. The van der Waals surface area contributed by atoms with Gasteiger partial charge in [-0.1, -0.05) is 29.8 Å². The fourth-order valence-corrected chi connectivity index (χ4v) is 3.48. The number of hydrogen-bond acceptors (Lipinski definition) is 4. The third-order valence-corrected chi connectivity index (χ3v) is 4.51. The van der Waals surface area contributed by atoms with Crippen LogP contribution < -0.4 is 5.43 Å². The van der Waals surface area contributed by atoms with Crippen molar-refractivity contribution in [1.82, 2.24) is 0 Å². The molecule has 0 radical (unpaired) electrons. The minimum absolute atomic E-state index is 0.0605. The highest BCUT2D eigenvalue weighted by molar-refractivity contribution is 7.21. The quantitative estimate of drug-likeness (QED) is 0.517. The molecule has 2 aromatic carbocycles. The predicted octanol–water partition coefficient (Wildman–Crippen LogP) is 4.49. The molecule has 0 N–H and O–H groups in total. The normalized spacial score (nSPS) is 10.7. The SMILES string of the molecule is O=c1cc(-c2cccc(Cl)c2[N+](=O)[O-])sc2ccccc12. The van der Waals surface area contributed by atoms with Gasteiger partial charge in [-0.05, 0) is 24.3 Å². The summed E-state index contributed by atoms with van der Waals surface area (Å²) in [5.74, 6) is 0. The molecule has 3 aromatic rings. The molecule has 0 bridgehead atoms. The molecule has 0 spiro atoms. The molecule has 21 heavy (non-hydrogen) atoms. The monoisotopic (exact) mass is 317 g/mol. The summed E-state index contributed by atoms with van der Waals surface area (Å²) in [6.45, 7) is 0. The van der Waals surface area contributed by atoms with Crippen LogP contribution in [0.3, 0.4) is 0 Å². The van der Waals surface area contributed by atoms with Gasteiger partial charge in [0.1, 0.15) is 5.02 Å². The van der Waals surface area contributed by atoms with E-state index in [1.165, 1.54) is 23.5 Å². The standard InChI is InChI=1S/C15H8ClNO3S/c16-11-6-3-5-10(15(11)17(19)20)14-8-12(18)9-4-1-2-7-13(9)21-14/h1-8H. The highest BCUT2D eigenvalue weighted by atomic mass is 35.5. The van der Waals surface area contributed by atoms with E-state index in [1.807, 2.05) is 12.1 Å². The lowest BCUT2D eigenvalue weighted by Crippen LogP contribution is -2.00. The van der Waals surface area contributed by atoms with Crippen molar-refractivity contribution < 1.29 is 4.92 Å². The Morgan fingerprint density at radius 1 is 1.10 bits per heavy atom. The van der Waals surface area contributed by atoms with Crippen molar-refractivity contribution >= 4 is 38.7 Å². The molecule has 3 rings (SSSR count). The maximum absolute atomic E-state index is 12.1. The average molecular weight is 318 g/mol. The van der Waals surface area contributed by atoms with Crippen LogP contribution in [0.15, 0.2) is 53.3 Å². The number of benzene rings is 2. The first kappa shape index (κ1) is 13.7. The van der Waals surface area contributed by atoms with Gasteiger partial charge in [0, 0.05) is 21.0 Å². The van der Waals surface area contributed by atoms with Crippen molar-refractivity contribution in [3.63, 3.8) is 0 Å². The number of nitrogens with zero attached hydrogens (tertiary/aromatic N) is 1. The summed E-state index contributed by atoms with van der Waals surface area (Å²) in [5, 5.41) is 11.9. The molecule has 0 atom stereocenters. The van der Waals surface area contributed by atoms with Crippen LogP contribution in [-0.4, -0.2) is 4.92 Å². The lowest BCUT2D eigenvalue weighted by atomic mass is 10.1. The second-order valence-electron chi connectivity index (χ2n) is 4.36. The summed E-state index contributed by atoms with van der Waals surface area (Å²) in [5.41, 5.74) is 0.0269. The van der Waals surface area contributed by atoms with E-state index in [-0.39, 0.29) is 16.1 Å². The van der Waals surface area contributed by atoms with Crippen LogP contribution in [0.4, 0.5) is 5.69 Å². The zero-order chi connectivity index (χ0) is 15.0. The Bertz CT molecular complexity index is 920. The van der Waals surface area contributed by atoms with Gasteiger partial charge in [-0.25, -0.2) is 0 Å². The Hall–Kier alpha value is -2.24. The summed E-state index contributed by atoms with van der Waals surface area (Å²) in [6, 6.07) is 13.3. The highest BCUT2D eigenvalue weighted by Gasteiger charge is 2.20. The number of nitro benzene ring substituents is 1. The first-order chi connectivity index (χ1) is 10.1. The molecule has 4 nitrogen and oxygen atoms in total. The number of halogens is 1. The molecule has 0 unspecified atom stereocenters. The Labute approximate surface area is 128 Å². The second-order valence-corrected chi connectivity index (χ2v) is 5.86. The Kier molecular flexibility index (Phi) is 3.45. The predicted molar refractivity (Wildman–Crippen MR) is 85.2 cm³/mol. The lowest BCUT2D eigenvalue weighted by Gasteiger charge is -2.05. The van der Waals surface area contributed by atoms with Crippen molar-refractivity contribution in [2.24, 2.45) is 0 Å². The summed E-state index contributed by atoms with van der Waals surface area (Å²) in [4.78, 5) is 23.4. The van der Waals surface area contributed by atoms with Gasteiger partial charge in [0.15, 0.2) is 5.43 Å². The molecule has 0 fully saturated rings. The highest BCUT2D eigenvalue weighted by Crippen LogP contribution is 2.38. The van der Waals surface area contributed by atoms with Crippen molar-refractivity contribution in [3.05, 3.63) is 73.9 Å². The van der Waals surface area contributed by atoms with Crippen LogP contribution in [-0.2, 0) is 0 Å². The fraction of sp³-hybridized carbons (Fsp3) is 0. The maximum atomic E-state index is 12.1. The molecule has 6 heteroatoms. The number of nitro groups is 1. The van der Waals surface area contributed by atoms with Gasteiger partial charge in [-0.3, -0.25) is 14.9 Å². The first-order valence-electron chi connectivity index (χ1n) is 6.04. The molecule has 0 saturated heterocycles. The summed E-state index contributed by atoms with van der Waals surface area (Å²) in [6.07, 6.45) is 0. The zero-order valence-corrected chi connectivity index (χ0v) is 12.1. The van der Waals surface area contributed by atoms with Crippen LogP contribution in [0, 0.1) is 10.1 Å². The van der Waals surface area contributed by atoms with E-state index in [0.717, 1.165) is 4.70 Å². The van der Waals surface area contributed by atoms with E-state index in [2.05, 4.69) is 0 Å². The van der Waals surface area contributed by atoms with Crippen LogP contribution in [0.1, 0.15) is 0 Å². The summed E-state index contributed by atoms with van der Waals surface area (Å²) in [7, 11) is 0. The van der Waals surface area contributed by atoms with Gasteiger partial charge in [0.05, 0.1) is 10.5 Å². The van der Waals surface area contributed by atoms with Crippen LogP contribution >= 0.6 is 22.9 Å². The summed E-state index contributed by atoms with van der Waals surface area (Å²) >= 11 is 7.25. The Morgan fingerprint density at radius 3 is 2.62 bits per heavy atom. The zero-order valence-electron chi connectivity index (χ0n) is 10.6. The number of hydrogen-bond donors (Lipinski definition) is 0. The molecular weight excluding hydrogens is 310 g/mol. The van der Waals surface area contributed by atoms with Crippen molar-refractivity contribution in [2.45, 2.75) is 0 Å². The minimum Gasteiger partial charge on any atom is -0.289 e. The van der Waals surface area contributed by atoms with Gasteiger partial charge < -0.3 is 0 Å². The van der Waals surface area contributed by atoms with Crippen molar-refractivity contribution in [1.29, 1.82) is 0 Å². The van der Waals surface area contributed by atoms with Gasteiger partial charge in [-0.2, -0.15) is 0 Å². The van der Waals surface area contributed by atoms with Gasteiger partial charge in [-0.15, -0.1) is 11.3 Å². The Balaban J connectivity index is 2.34. The third-order valence-electron chi connectivity index (χ3n) is 3.07. The van der Waals surface area contributed by atoms with E-state index in [0.29, 0.717) is 15.8 Å². The number of fused-ring (bicyclic) bond motifs is 1. The average Bonchev–Trinajstić information content (AvgIpc) is 2.46. The first-order valence-corrected chi connectivity index (χ1v) is 7.23. The molecule has 104 valence electrons. The van der Waals surface area contributed by atoms with E-state index in [9.17, 15) is 14.9 Å².